The second-order valence-corrected chi connectivity index (χ2v) is 8.87. The van der Waals surface area contributed by atoms with Crippen molar-refractivity contribution in [3.05, 3.63) is 70.2 Å². The molecule has 1 fully saturated rings. The predicted octanol–water partition coefficient (Wildman–Crippen LogP) is 4.45. The standard InChI is InChI=1S/C24H26ClN3O3S/c1-30-14-13-27-9-11-28(12-10-27)24(29)21-17-32-23(26-21)20-7-2-3-8-22(20)31-16-18-5-4-6-19(25)15-18/h2-8,15,17H,9-14,16H2,1H3. The van der Waals surface area contributed by atoms with E-state index in [9.17, 15) is 4.79 Å². The first-order chi connectivity index (χ1) is 15.6. The van der Waals surface area contributed by atoms with Gasteiger partial charge in [0.15, 0.2) is 0 Å². The van der Waals surface area contributed by atoms with Crippen LogP contribution in [0.1, 0.15) is 16.1 Å². The van der Waals surface area contributed by atoms with Crippen LogP contribution in [0.5, 0.6) is 5.75 Å². The molecule has 2 aromatic carbocycles. The van der Waals surface area contributed by atoms with Gasteiger partial charge in [-0.15, -0.1) is 11.3 Å². The third-order valence-electron chi connectivity index (χ3n) is 5.40. The van der Waals surface area contributed by atoms with Crippen molar-refractivity contribution in [3.8, 4) is 16.3 Å². The van der Waals surface area contributed by atoms with Crippen LogP contribution in [0.4, 0.5) is 0 Å². The van der Waals surface area contributed by atoms with Crippen molar-refractivity contribution >= 4 is 28.8 Å². The number of hydrogen-bond acceptors (Lipinski definition) is 6. The van der Waals surface area contributed by atoms with Gasteiger partial charge < -0.3 is 14.4 Å². The van der Waals surface area contributed by atoms with Gasteiger partial charge in [-0.1, -0.05) is 35.9 Å². The molecule has 32 heavy (non-hydrogen) atoms. The first-order valence-electron chi connectivity index (χ1n) is 10.6. The largest absolute Gasteiger partial charge is 0.488 e. The van der Waals surface area contributed by atoms with Crippen LogP contribution in [-0.4, -0.2) is 67.1 Å². The fourth-order valence-corrected chi connectivity index (χ4v) is 4.65. The Balaban J connectivity index is 1.42. The van der Waals surface area contributed by atoms with Crippen LogP contribution >= 0.6 is 22.9 Å². The lowest BCUT2D eigenvalue weighted by Gasteiger charge is -2.34. The molecule has 0 unspecified atom stereocenters. The molecule has 168 valence electrons. The first kappa shape index (κ1) is 22.7. The highest BCUT2D eigenvalue weighted by Crippen LogP contribution is 2.33. The maximum Gasteiger partial charge on any atom is 0.273 e. The third kappa shape index (κ3) is 5.66. The summed E-state index contributed by atoms with van der Waals surface area (Å²) in [5.74, 6) is 0.712. The zero-order valence-corrected chi connectivity index (χ0v) is 19.6. The van der Waals surface area contributed by atoms with Gasteiger partial charge in [-0.2, -0.15) is 0 Å². The van der Waals surface area contributed by atoms with E-state index < -0.39 is 0 Å². The number of thiazole rings is 1. The highest BCUT2D eigenvalue weighted by molar-refractivity contribution is 7.13. The van der Waals surface area contributed by atoms with Crippen molar-refractivity contribution in [1.82, 2.24) is 14.8 Å². The lowest BCUT2D eigenvalue weighted by molar-refractivity contribution is 0.0589. The average Bonchev–Trinajstić information content (AvgIpc) is 3.32. The van der Waals surface area contributed by atoms with Gasteiger partial charge in [-0.05, 0) is 29.8 Å². The van der Waals surface area contributed by atoms with Gasteiger partial charge in [0.05, 0.1) is 12.2 Å². The number of para-hydroxylation sites is 1. The summed E-state index contributed by atoms with van der Waals surface area (Å²) in [4.78, 5) is 21.8. The predicted molar refractivity (Wildman–Crippen MR) is 128 cm³/mol. The second kappa shape index (κ2) is 10.9. The second-order valence-electron chi connectivity index (χ2n) is 7.58. The van der Waals surface area contributed by atoms with E-state index in [1.54, 1.807) is 7.11 Å². The number of aromatic nitrogens is 1. The molecule has 6 nitrogen and oxygen atoms in total. The van der Waals surface area contributed by atoms with Crippen molar-refractivity contribution in [2.24, 2.45) is 0 Å². The van der Waals surface area contributed by atoms with E-state index in [0.29, 0.717) is 37.0 Å². The highest BCUT2D eigenvalue weighted by Gasteiger charge is 2.24. The van der Waals surface area contributed by atoms with Gasteiger partial charge in [0.25, 0.3) is 5.91 Å². The van der Waals surface area contributed by atoms with E-state index >= 15 is 0 Å². The molecule has 0 N–H and O–H groups in total. The fourth-order valence-electron chi connectivity index (χ4n) is 3.61. The molecular formula is C24H26ClN3O3S. The Bertz CT molecular complexity index is 1050. The van der Waals surface area contributed by atoms with E-state index in [-0.39, 0.29) is 5.91 Å². The Labute approximate surface area is 197 Å². The number of halogens is 1. The van der Waals surface area contributed by atoms with Crippen molar-refractivity contribution in [2.45, 2.75) is 6.61 Å². The number of ether oxygens (including phenoxy) is 2. The Kier molecular flexibility index (Phi) is 7.76. The number of carbonyl (C=O) groups excluding carboxylic acids is 1. The zero-order chi connectivity index (χ0) is 22.3. The molecule has 1 aliphatic rings. The molecule has 2 heterocycles. The van der Waals surface area contributed by atoms with Crippen LogP contribution in [-0.2, 0) is 11.3 Å². The monoisotopic (exact) mass is 471 g/mol. The van der Waals surface area contributed by atoms with Crippen LogP contribution in [0.2, 0.25) is 5.02 Å². The molecule has 0 aliphatic carbocycles. The van der Waals surface area contributed by atoms with Gasteiger partial charge in [-0.3, -0.25) is 9.69 Å². The Hall–Kier alpha value is -2.45. The fraction of sp³-hybridized carbons (Fsp3) is 0.333. The van der Waals surface area contributed by atoms with Gasteiger partial charge in [-0.25, -0.2) is 4.98 Å². The Morgan fingerprint density at radius 1 is 1.12 bits per heavy atom. The molecule has 0 radical (unpaired) electrons. The number of rotatable bonds is 8. The third-order valence-corrected chi connectivity index (χ3v) is 6.51. The quantitative estimate of drug-likeness (QED) is 0.486. The molecule has 8 heteroatoms. The Morgan fingerprint density at radius 3 is 2.72 bits per heavy atom. The maximum atomic E-state index is 13.0. The van der Waals surface area contributed by atoms with Gasteiger partial charge in [0.2, 0.25) is 0 Å². The molecule has 1 amide bonds. The minimum atomic E-state index is -0.0174. The van der Waals surface area contributed by atoms with E-state index in [2.05, 4.69) is 9.88 Å². The number of benzene rings is 2. The number of methoxy groups -OCH3 is 1. The lowest BCUT2D eigenvalue weighted by Crippen LogP contribution is -2.49. The van der Waals surface area contributed by atoms with Crippen molar-refractivity contribution < 1.29 is 14.3 Å². The summed E-state index contributed by atoms with van der Waals surface area (Å²) < 4.78 is 11.2. The molecular weight excluding hydrogens is 446 g/mol. The summed E-state index contributed by atoms with van der Waals surface area (Å²) in [7, 11) is 1.71. The SMILES string of the molecule is COCCN1CCN(C(=O)c2csc(-c3ccccc3OCc3cccc(Cl)c3)n2)CC1. The lowest BCUT2D eigenvalue weighted by atomic mass is 10.2. The number of nitrogens with zero attached hydrogens (tertiary/aromatic N) is 3. The number of amides is 1. The number of hydrogen-bond donors (Lipinski definition) is 0. The van der Waals surface area contributed by atoms with Crippen LogP contribution in [0.25, 0.3) is 10.6 Å². The van der Waals surface area contributed by atoms with E-state index in [1.807, 2.05) is 58.8 Å². The smallest absolute Gasteiger partial charge is 0.273 e. The highest BCUT2D eigenvalue weighted by atomic mass is 35.5. The molecule has 0 atom stereocenters. The van der Waals surface area contributed by atoms with E-state index in [0.717, 1.165) is 41.5 Å². The van der Waals surface area contributed by atoms with E-state index in [1.165, 1.54) is 11.3 Å². The molecule has 0 saturated carbocycles. The average molecular weight is 472 g/mol. The molecule has 3 aromatic rings. The molecule has 1 aliphatic heterocycles. The summed E-state index contributed by atoms with van der Waals surface area (Å²) in [6, 6.07) is 15.4. The molecule has 0 bridgehead atoms. The summed E-state index contributed by atoms with van der Waals surface area (Å²) in [6.45, 7) is 5.12. The van der Waals surface area contributed by atoms with Crippen molar-refractivity contribution in [2.75, 3.05) is 46.4 Å². The van der Waals surface area contributed by atoms with Crippen LogP contribution < -0.4 is 4.74 Å². The molecule has 4 rings (SSSR count). The molecule has 0 spiro atoms. The molecule has 1 saturated heterocycles. The number of carbonyl (C=O) groups is 1. The Morgan fingerprint density at radius 2 is 1.94 bits per heavy atom. The first-order valence-corrected chi connectivity index (χ1v) is 11.8. The van der Waals surface area contributed by atoms with Crippen LogP contribution in [0.3, 0.4) is 0 Å². The molecule has 1 aromatic heterocycles. The normalized spacial score (nSPS) is 14.5. The van der Waals surface area contributed by atoms with Crippen LogP contribution in [0, 0.1) is 0 Å². The summed E-state index contributed by atoms with van der Waals surface area (Å²) in [5, 5.41) is 3.29. The van der Waals surface area contributed by atoms with Gasteiger partial charge in [0.1, 0.15) is 23.1 Å². The van der Waals surface area contributed by atoms with Gasteiger partial charge in [0, 0.05) is 50.2 Å². The van der Waals surface area contributed by atoms with Crippen LogP contribution in [0.15, 0.2) is 53.9 Å². The minimum Gasteiger partial charge on any atom is -0.488 e. The topological polar surface area (TPSA) is 54.9 Å². The van der Waals surface area contributed by atoms with Crippen molar-refractivity contribution in [1.29, 1.82) is 0 Å². The summed E-state index contributed by atoms with van der Waals surface area (Å²) in [5.41, 5.74) is 2.36. The van der Waals surface area contributed by atoms with E-state index in [4.69, 9.17) is 21.1 Å². The summed E-state index contributed by atoms with van der Waals surface area (Å²) in [6.07, 6.45) is 0. The van der Waals surface area contributed by atoms with Gasteiger partial charge >= 0.3 is 0 Å². The maximum absolute atomic E-state index is 13.0. The van der Waals surface area contributed by atoms with Crippen molar-refractivity contribution in [3.63, 3.8) is 0 Å². The summed E-state index contributed by atoms with van der Waals surface area (Å²) >= 11 is 7.53. The number of piperazine rings is 1. The minimum absolute atomic E-state index is 0.0174. The zero-order valence-electron chi connectivity index (χ0n) is 18.0.